The molecule has 0 spiro atoms. The van der Waals surface area contributed by atoms with Gasteiger partial charge in [-0.15, -0.1) is 0 Å². The number of fused-ring (bicyclic) bond motifs is 3. The Balaban J connectivity index is 1.58. The maximum atomic E-state index is 5.67. The van der Waals surface area contributed by atoms with Crippen molar-refractivity contribution in [2.24, 2.45) is 0 Å². The first-order valence-electron chi connectivity index (χ1n) is 9.80. The van der Waals surface area contributed by atoms with Crippen molar-refractivity contribution >= 4 is 43.1 Å². The summed E-state index contributed by atoms with van der Waals surface area (Å²) in [5.74, 6) is 0.949. The van der Waals surface area contributed by atoms with E-state index in [0.717, 1.165) is 47.1 Å². The summed E-state index contributed by atoms with van der Waals surface area (Å²) in [6.45, 7) is 5.00. The molecule has 1 atom stereocenters. The molecule has 0 amide bonds. The number of rotatable bonds is 6. The zero-order valence-corrected chi connectivity index (χ0v) is 18.8. The van der Waals surface area contributed by atoms with Gasteiger partial charge >= 0.3 is 155 Å². The van der Waals surface area contributed by atoms with Gasteiger partial charge in [0, 0.05) is 0 Å². The fourth-order valence-corrected chi connectivity index (χ4v) is 4.23. The van der Waals surface area contributed by atoms with E-state index in [4.69, 9.17) is 14.7 Å². The first-order valence-corrected chi connectivity index (χ1v) is 11.0. The van der Waals surface area contributed by atoms with E-state index >= 15 is 0 Å². The van der Waals surface area contributed by atoms with Crippen molar-refractivity contribution in [2.75, 3.05) is 6.61 Å². The molecule has 28 heavy (non-hydrogen) atoms. The van der Waals surface area contributed by atoms with Crippen LogP contribution in [0.2, 0.25) is 0 Å². The summed E-state index contributed by atoms with van der Waals surface area (Å²) in [6.07, 6.45) is 5.00. The predicted octanol–water partition coefficient (Wildman–Crippen LogP) is 3.92. The minimum atomic E-state index is 0.769. The summed E-state index contributed by atoms with van der Waals surface area (Å²) < 4.78 is 6.72. The Morgan fingerprint density at radius 3 is 2.50 bits per heavy atom. The van der Waals surface area contributed by atoms with E-state index in [9.17, 15) is 0 Å². The van der Waals surface area contributed by atoms with Gasteiger partial charge in [-0.3, -0.25) is 0 Å². The Bertz CT molecular complexity index is 1120. The molecule has 0 radical (unpaired) electrons. The molecule has 0 bridgehead atoms. The van der Waals surface area contributed by atoms with E-state index in [0.29, 0.717) is 0 Å². The summed E-state index contributed by atoms with van der Waals surface area (Å²) in [4.78, 5) is 9.52. The molecule has 2 aromatic carbocycles. The summed E-state index contributed by atoms with van der Waals surface area (Å²) in [6, 6.07) is 17.2. The normalized spacial score (nSPS) is 11.2. The number of hydrogen-bond acceptors (Lipinski definition) is 3. The Hall–Kier alpha value is -2.38. The first-order chi connectivity index (χ1) is 13.6. The van der Waals surface area contributed by atoms with Crippen molar-refractivity contribution in [1.29, 1.82) is 0 Å². The average Bonchev–Trinajstić information content (AvgIpc) is 2.71. The third-order valence-electron chi connectivity index (χ3n) is 4.97. The molecule has 0 fully saturated rings. The topological polar surface area (TPSA) is 35.0 Å². The Morgan fingerprint density at radius 1 is 0.929 bits per heavy atom. The molecule has 0 aliphatic rings. The molecule has 0 aliphatic heterocycles. The number of pyridine rings is 2. The van der Waals surface area contributed by atoms with Gasteiger partial charge in [0.05, 0.1) is 6.61 Å². The van der Waals surface area contributed by atoms with Crippen molar-refractivity contribution in [2.45, 2.75) is 33.1 Å². The SMILES string of the molecule is CCCOc1ccc(CCc2cnc3c([AsH2])nc4cc(C)ccc4c3c2)cc1. The molecular formula is C24H25AsN2O. The zero-order chi connectivity index (χ0) is 19.5. The summed E-state index contributed by atoms with van der Waals surface area (Å²) in [5.41, 5.74) is 5.91. The van der Waals surface area contributed by atoms with Crippen LogP contribution in [-0.4, -0.2) is 33.4 Å². The van der Waals surface area contributed by atoms with E-state index in [1.54, 1.807) is 0 Å². The summed E-state index contributed by atoms with van der Waals surface area (Å²) in [5, 5.41) is 2.40. The van der Waals surface area contributed by atoms with Crippen LogP contribution in [0.15, 0.2) is 54.7 Å². The van der Waals surface area contributed by atoms with E-state index in [1.807, 2.05) is 6.20 Å². The van der Waals surface area contributed by atoms with Crippen molar-refractivity contribution in [3.8, 4) is 5.75 Å². The number of nitrogens with zero attached hydrogens (tertiary/aromatic N) is 2. The van der Waals surface area contributed by atoms with Crippen LogP contribution >= 0.6 is 0 Å². The second kappa shape index (κ2) is 8.32. The van der Waals surface area contributed by atoms with Gasteiger partial charge in [-0.1, -0.05) is 6.92 Å². The molecule has 4 heteroatoms. The van der Waals surface area contributed by atoms with Crippen molar-refractivity contribution in [3.63, 3.8) is 0 Å². The first kappa shape index (κ1) is 19.0. The third kappa shape index (κ3) is 4.05. The van der Waals surface area contributed by atoms with Crippen LogP contribution in [0, 0.1) is 6.92 Å². The van der Waals surface area contributed by atoms with Crippen LogP contribution in [-0.2, 0) is 12.8 Å². The molecule has 3 nitrogen and oxygen atoms in total. The van der Waals surface area contributed by atoms with Crippen LogP contribution in [0.1, 0.15) is 30.0 Å². The van der Waals surface area contributed by atoms with Gasteiger partial charge in [-0.25, -0.2) is 0 Å². The predicted molar refractivity (Wildman–Crippen MR) is 120 cm³/mol. The van der Waals surface area contributed by atoms with Crippen molar-refractivity contribution in [3.05, 3.63) is 71.4 Å². The monoisotopic (exact) mass is 432 g/mol. The summed E-state index contributed by atoms with van der Waals surface area (Å²) in [7, 11) is 0. The summed E-state index contributed by atoms with van der Waals surface area (Å²) >= 11 is 1.53. The Labute approximate surface area is 174 Å². The number of benzene rings is 2. The maximum absolute atomic E-state index is 5.67. The Kier molecular flexibility index (Phi) is 5.64. The van der Waals surface area contributed by atoms with Gasteiger partial charge in [0.2, 0.25) is 0 Å². The number of hydrogen-bond donors (Lipinski definition) is 0. The second-order valence-electron chi connectivity index (χ2n) is 7.25. The fraction of sp³-hybridized carbons (Fsp3) is 0.250. The van der Waals surface area contributed by atoms with Gasteiger partial charge in [0.15, 0.2) is 0 Å². The number of aryl methyl sites for hydroxylation is 3. The molecule has 1 unspecified atom stereocenters. The quantitative estimate of drug-likeness (QED) is 0.342. The van der Waals surface area contributed by atoms with E-state index in [1.165, 1.54) is 44.3 Å². The van der Waals surface area contributed by atoms with Crippen LogP contribution < -0.4 is 9.22 Å². The molecular weight excluding hydrogens is 407 g/mol. The molecule has 2 aromatic heterocycles. The molecule has 4 aromatic rings. The molecule has 2 heterocycles. The van der Waals surface area contributed by atoms with E-state index in [2.05, 4.69) is 62.4 Å². The van der Waals surface area contributed by atoms with Crippen LogP contribution in [0.25, 0.3) is 21.8 Å². The standard InChI is InChI=1S/C24H25AsN2O/c1-3-12-28-19-9-7-17(8-10-19)5-6-18-14-21-20-11-4-16(2)13-22(20)27-24(25)23(21)26-15-18/h4,7-11,13-15H,3,5-6,12,25H2,1-2H3. The van der Waals surface area contributed by atoms with Crippen molar-refractivity contribution in [1.82, 2.24) is 9.97 Å². The molecule has 142 valence electrons. The second-order valence-corrected chi connectivity index (χ2v) is 8.40. The number of aromatic nitrogens is 2. The minimum absolute atomic E-state index is 0.769. The molecule has 0 saturated heterocycles. The molecule has 0 saturated carbocycles. The Morgan fingerprint density at radius 2 is 1.71 bits per heavy atom. The van der Waals surface area contributed by atoms with Crippen LogP contribution in [0.4, 0.5) is 0 Å². The van der Waals surface area contributed by atoms with Gasteiger partial charge in [0.25, 0.3) is 0 Å². The molecule has 4 rings (SSSR count). The molecule has 0 aliphatic carbocycles. The van der Waals surface area contributed by atoms with Gasteiger partial charge in [-0.2, -0.15) is 0 Å². The van der Waals surface area contributed by atoms with Gasteiger partial charge in [0.1, 0.15) is 0 Å². The van der Waals surface area contributed by atoms with Crippen LogP contribution in [0.3, 0.4) is 0 Å². The van der Waals surface area contributed by atoms with E-state index in [-0.39, 0.29) is 0 Å². The average molecular weight is 432 g/mol. The molecule has 0 N–H and O–H groups in total. The zero-order valence-electron chi connectivity index (χ0n) is 16.4. The fourth-order valence-electron chi connectivity index (χ4n) is 3.46. The number of ether oxygens (including phenoxy) is 1. The van der Waals surface area contributed by atoms with Gasteiger partial charge < -0.3 is 0 Å². The third-order valence-corrected chi connectivity index (χ3v) is 5.81. The van der Waals surface area contributed by atoms with Crippen molar-refractivity contribution < 1.29 is 4.74 Å². The van der Waals surface area contributed by atoms with E-state index < -0.39 is 0 Å². The van der Waals surface area contributed by atoms with Gasteiger partial charge in [-0.05, 0) is 6.42 Å². The van der Waals surface area contributed by atoms with Crippen LogP contribution in [0.5, 0.6) is 5.75 Å².